The minimum absolute atomic E-state index is 0.106. The Morgan fingerprint density at radius 1 is 0.880 bits per heavy atom. The highest BCUT2D eigenvalue weighted by molar-refractivity contribution is 5.93. The zero-order chi connectivity index (χ0) is 19.0. The van der Waals surface area contributed by atoms with Gasteiger partial charge in [-0.2, -0.15) is 31.4 Å². The molecule has 2 atom stereocenters. The van der Waals surface area contributed by atoms with Crippen molar-refractivity contribution in [3.63, 3.8) is 0 Å². The van der Waals surface area contributed by atoms with Gasteiger partial charge in [-0.1, -0.05) is 0 Å². The van der Waals surface area contributed by atoms with Gasteiger partial charge in [-0.3, -0.25) is 9.59 Å². The van der Waals surface area contributed by atoms with Crippen LogP contribution in [0.25, 0.3) is 0 Å². The Morgan fingerprint density at radius 2 is 1.36 bits per heavy atom. The van der Waals surface area contributed by atoms with E-state index in [-0.39, 0.29) is 35.6 Å². The number of halogens is 6. The van der Waals surface area contributed by atoms with Gasteiger partial charge in [0.05, 0.1) is 0 Å². The fourth-order valence-corrected chi connectivity index (χ4v) is 2.80. The van der Waals surface area contributed by atoms with Crippen molar-refractivity contribution < 1.29 is 45.6 Å². The minimum Gasteiger partial charge on any atom is -0.318 e. The van der Waals surface area contributed by atoms with Gasteiger partial charge in [-0.25, -0.2) is 9.69 Å². The summed E-state index contributed by atoms with van der Waals surface area (Å²) in [5.74, 6) is -2.40. The lowest BCUT2D eigenvalue weighted by Gasteiger charge is -2.38. The highest BCUT2D eigenvalue weighted by Crippen LogP contribution is 2.35. The standard InChI is InChI=1S/C13H14F6N2O4/c14-12(15,16)7-3-1-5-9(22)20(7)11(24)25-21-8(13(17,18)19)4-2-6-10(21)23/h7-8H,1-6H2/t7-,8-/m0/s1. The molecular weight excluding hydrogens is 362 g/mol. The maximum absolute atomic E-state index is 13.0. The van der Waals surface area contributed by atoms with Crippen LogP contribution < -0.4 is 0 Å². The Bertz CT molecular complexity index is 562. The number of alkyl halides is 6. The average Bonchev–Trinajstić information content (AvgIpc) is 2.46. The van der Waals surface area contributed by atoms with Crippen LogP contribution in [0.2, 0.25) is 0 Å². The molecule has 2 fully saturated rings. The zero-order valence-electron chi connectivity index (χ0n) is 12.7. The molecule has 6 nitrogen and oxygen atoms in total. The maximum Gasteiger partial charge on any atom is 0.441 e. The monoisotopic (exact) mass is 376 g/mol. The summed E-state index contributed by atoms with van der Waals surface area (Å²) >= 11 is 0. The molecule has 0 aromatic heterocycles. The Balaban J connectivity index is 2.22. The highest BCUT2D eigenvalue weighted by Gasteiger charge is 2.53. The van der Waals surface area contributed by atoms with Crippen LogP contribution in [0.15, 0.2) is 0 Å². The van der Waals surface area contributed by atoms with Gasteiger partial charge < -0.3 is 4.84 Å². The Morgan fingerprint density at radius 3 is 1.88 bits per heavy atom. The van der Waals surface area contributed by atoms with E-state index in [2.05, 4.69) is 4.84 Å². The second-order valence-corrected chi connectivity index (χ2v) is 5.74. The molecule has 0 aromatic carbocycles. The molecule has 25 heavy (non-hydrogen) atoms. The average molecular weight is 376 g/mol. The Hall–Kier alpha value is -2.01. The van der Waals surface area contributed by atoms with Gasteiger partial charge in [-0.15, -0.1) is 0 Å². The normalized spacial score (nSPS) is 26.0. The molecule has 2 rings (SSSR count). The van der Waals surface area contributed by atoms with E-state index in [1.807, 2.05) is 0 Å². The summed E-state index contributed by atoms with van der Waals surface area (Å²) in [6, 6.07) is -4.95. The van der Waals surface area contributed by atoms with Crippen molar-refractivity contribution in [3.05, 3.63) is 0 Å². The predicted molar refractivity (Wildman–Crippen MR) is 67.6 cm³/mol. The number of carbonyl (C=O) groups excluding carboxylic acids is 3. The second kappa shape index (κ2) is 6.71. The summed E-state index contributed by atoms with van der Waals surface area (Å²) in [5.41, 5.74) is 0. The van der Waals surface area contributed by atoms with E-state index in [9.17, 15) is 40.7 Å². The van der Waals surface area contributed by atoms with Crippen LogP contribution in [0.1, 0.15) is 38.5 Å². The smallest absolute Gasteiger partial charge is 0.318 e. The molecule has 0 unspecified atom stereocenters. The van der Waals surface area contributed by atoms with Crippen LogP contribution in [0.3, 0.4) is 0 Å². The van der Waals surface area contributed by atoms with Gasteiger partial charge in [0.2, 0.25) is 5.91 Å². The first-order valence-electron chi connectivity index (χ1n) is 7.42. The van der Waals surface area contributed by atoms with Gasteiger partial charge >= 0.3 is 18.4 Å². The van der Waals surface area contributed by atoms with E-state index in [0.717, 1.165) is 0 Å². The molecule has 3 amide bonds. The van der Waals surface area contributed by atoms with Crippen LogP contribution in [-0.2, 0) is 14.4 Å². The van der Waals surface area contributed by atoms with Crippen LogP contribution >= 0.6 is 0 Å². The van der Waals surface area contributed by atoms with Crippen molar-refractivity contribution in [3.8, 4) is 0 Å². The van der Waals surface area contributed by atoms with Crippen LogP contribution in [0.5, 0.6) is 0 Å². The zero-order valence-corrected chi connectivity index (χ0v) is 12.7. The number of amides is 3. The highest BCUT2D eigenvalue weighted by atomic mass is 19.4. The molecule has 142 valence electrons. The van der Waals surface area contributed by atoms with Gasteiger partial charge in [-0.05, 0) is 25.7 Å². The maximum atomic E-state index is 13.0. The summed E-state index contributed by atoms with van der Waals surface area (Å²) in [5, 5.41) is -0.263. The summed E-state index contributed by atoms with van der Waals surface area (Å²) in [4.78, 5) is 39.4. The number of carbonyl (C=O) groups is 3. The molecule has 0 saturated carbocycles. The topological polar surface area (TPSA) is 66.9 Å². The molecule has 0 radical (unpaired) electrons. The second-order valence-electron chi connectivity index (χ2n) is 5.74. The first kappa shape index (κ1) is 19.3. The largest absolute Gasteiger partial charge is 0.441 e. The molecular formula is C13H14F6N2O4. The molecule has 2 heterocycles. The fourth-order valence-electron chi connectivity index (χ4n) is 2.80. The van der Waals surface area contributed by atoms with Crippen LogP contribution in [0, 0.1) is 0 Å². The van der Waals surface area contributed by atoms with Crippen LogP contribution in [0.4, 0.5) is 31.1 Å². The SMILES string of the molecule is O=C1CCC[C@@H](C(F)(F)F)N1OC(=O)N1C(=O)CCC[C@H]1C(F)(F)F. The van der Waals surface area contributed by atoms with Crippen molar-refractivity contribution in [1.82, 2.24) is 9.96 Å². The van der Waals surface area contributed by atoms with E-state index in [0.29, 0.717) is 0 Å². The molecule has 0 spiro atoms. The third kappa shape index (κ3) is 4.15. The number of piperidine rings is 2. The van der Waals surface area contributed by atoms with E-state index in [1.165, 1.54) is 0 Å². The number of hydrogen-bond acceptors (Lipinski definition) is 4. The van der Waals surface area contributed by atoms with E-state index in [4.69, 9.17) is 0 Å². The lowest BCUT2D eigenvalue weighted by atomic mass is 10.0. The van der Waals surface area contributed by atoms with Gasteiger partial charge in [0.1, 0.15) is 6.04 Å². The van der Waals surface area contributed by atoms with Crippen molar-refractivity contribution in [2.24, 2.45) is 0 Å². The van der Waals surface area contributed by atoms with Gasteiger partial charge in [0, 0.05) is 12.8 Å². The molecule has 2 saturated heterocycles. The number of imide groups is 1. The van der Waals surface area contributed by atoms with Crippen molar-refractivity contribution >= 4 is 17.9 Å². The number of nitrogens with zero attached hydrogens (tertiary/aromatic N) is 2. The Labute approximate surface area is 137 Å². The Kier molecular flexibility index (Phi) is 5.19. The number of hydroxylamine groups is 2. The molecule has 2 aliphatic heterocycles. The minimum atomic E-state index is -4.95. The fraction of sp³-hybridized carbons (Fsp3) is 0.769. The van der Waals surface area contributed by atoms with E-state index < -0.39 is 55.2 Å². The summed E-state index contributed by atoms with van der Waals surface area (Å²) < 4.78 is 77.8. The number of likely N-dealkylation sites (tertiary alicyclic amines) is 1. The van der Waals surface area contributed by atoms with Gasteiger partial charge in [0.25, 0.3) is 5.91 Å². The predicted octanol–water partition coefficient (Wildman–Crippen LogP) is 2.92. The molecule has 0 N–H and O–H groups in total. The first-order chi connectivity index (χ1) is 11.4. The lowest BCUT2D eigenvalue weighted by molar-refractivity contribution is -0.257. The quantitative estimate of drug-likeness (QED) is 0.660. The van der Waals surface area contributed by atoms with Gasteiger partial charge in [0.15, 0.2) is 6.04 Å². The van der Waals surface area contributed by atoms with Crippen molar-refractivity contribution in [1.29, 1.82) is 0 Å². The molecule has 0 aromatic rings. The third-order valence-electron chi connectivity index (χ3n) is 3.97. The molecule has 2 aliphatic rings. The van der Waals surface area contributed by atoms with E-state index >= 15 is 0 Å². The summed E-state index contributed by atoms with van der Waals surface area (Å²) in [7, 11) is 0. The van der Waals surface area contributed by atoms with Crippen LogP contribution in [-0.4, -0.2) is 52.3 Å². The third-order valence-corrected chi connectivity index (χ3v) is 3.97. The van der Waals surface area contributed by atoms with Crippen molar-refractivity contribution in [2.45, 2.75) is 63.0 Å². The summed E-state index contributed by atoms with van der Waals surface area (Å²) in [6.45, 7) is 0. The first-order valence-corrected chi connectivity index (χ1v) is 7.42. The molecule has 0 aliphatic carbocycles. The molecule has 0 bridgehead atoms. The van der Waals surface area contributed by atoms with E-state index in [1.54, 1.807) is 0 Å². The summed E-state index contributed by atoms with van der Waals surface area (Å²) in [6.07, 6.45) is -13.9. The molecule has 12 heteroatoms. The lowest BCUT2D eigenvalue weighted by Crippen LogP contribution is -2.58. The van der Waals surface area contributed by atoms with Crippen molar-refractivity contribution in [2.75, 3.05) is 0 Å². The number of rotatable bonds is 1. The number of hydrogen-bond donors (Lipinski definition) is 0.